The van der Waals surface area contributed by atoms with Gasteiger partial charge in [-0.1, -0.05) is 6.92 Å². The number of anilines is 1. The molecule has 0 bridgehead atoms. The van der Waals surface area contributed by atoms with E-state index in [1.54, 1.807) is 29.0 Å². The van der Waals surface area contributed by atoms with E-state index >= 15 is 0 Å². The Morgan fingerprint density at radius 1 is 1.39 bits per heavy atom. The highest BCUT2D eigenvalue weighted by Gasteiger charge is 2.14. The molecule has 0 unspecified atom stereocenters. The van der Waals surface area contributed by atoms with Crippen LogP contribution < -0.4 is 5.73 Å². The molecule has 0 amide bonds. The number of imidazole rings is 1. The third kappa shape index (κ3) is 1.61. The largest absolute Gasteiger partial charge is 0.383 e. The summed E-state index contributed by atoms with van der Waals surface area (Å²) < 4.78 is 1.60. The van der Waals surface area contributed by atoms with E-state index < -0.39 is 0 Å². The van der Waals surface area contributed by atoms with Crippen LogP contribution in [0.2, 0.25) is 0 Å². The minimum Gasteiger partial charge on any atom is -0.383 e. The van der Waals surface area contributed by atoms with Crippen LogP contribution in [0, 0.1) is 0 Å². The Morgan fingerprint density at radius 3 is 3.11 bits per heavy atom. The predicted molar refractivity (Wildman–Crippen MR) is 69.6 cm³/mol. The predicted octanol–water partition coefficient (Wildman–Crippen LogP) is 1.23. The van der Waals surface area contributed by atoms with Gasteiger partial charge in [-0.2, -0.15) is 9.78 Å². The Hall–Kier alpha value is -2.09. The van der Waals surface area contributed by atoms with Crippen LogP contribution in [0.15, 0.2) is 23.7 Å². The van der Waals surface area contributed by atoms with Crippen LogP contribution in [0.1, 0.15) is 6.92 Å². The maximum Gasteiger partial charge on any atom is 0.184 e. The van der Waals surface area contributed by atoms with Crippen LogP contribution in [0.4, 0.5) is 5.82 Å². The highest BCUT2D eigenvalue weighted by molar-refractivity contribution is 7.99. The molecular weight excluding hydrogens is 250 g/mol. The molecule has 18 heavy (non-hydrogen) atoms. The zero-order valence-corrected chi connectivity index (χ0v) is 10.5. The average Bonchev–Trinajstić information content (AvgIpc) is 2.98. The first-order valence-corrected chi connectivity index (χ1v) is 6.40. The van der Waals surface area contributed by atoms with E-state index in [2.05, 4.69) is 32.0 Å². The molecule has 0 aliphatic carbocycles. The SMILES string of the molecule is CCSc1cnn(-c2ncnc3nc[nH]c23)c1N. The van der Waals surface area contributed by atoms with Gasteiger partial charge in [0.05, 0.1) is 17.4 Å². The van der Waals surface area contributed by atoms with Gasteiger partial charge in [-0.25, -0.2) is 15.0 Å². The van der Waals surface area contributed by atoms with Gasteiger partial charge in [-0.3, -0.25) is 0 Å². The molecule has 3 aromatic rings. The van der Waals surface area contributed by atoms with Crippen molar-refractivity contribution in [2.24, 2.45) is 0 Å². The van der Waals surface area contributed by atoms with Crippen molar-refractivity contribution >= 4 is 28.7 Å². The van der Waals surface area contributed by atoms with Crippen LogP contribution >= 0.6 is 11.8 Å². The molecule has 3 rings (SSSR count). The van der Waals surface area contributed by atoms with Crippen molar-refractivity contribution in [1.82, 2.24) is 29.7 Å². The zero-order valence-electron chi connectivity index (χ0n) is 9.66. The molecule has 0 aromatic carbocycles. The zero-order chi connectivity index (χ0) is 12.5. The summed E-state index contributed by atoms with van der Waals surface area (Å²) >= 11 is 1.65. The van der Waals surface area contributed by atoms with Crippen molar-refractivity contribution in [2.75, 3.05) is 11.5 Å². The Labute approximate surface area is 107 Å². The summed E-state index contributed by atoms with van der Waals surface area (Å²) in [4.78, 5) is 16.3. The lowest BCUT2D eigenvalue weighted by Gasteiger charge is -2.04. The fraction of sp³-hybridized carbons (Fsp3) is 0.200. The molecule has 0 aliphatic heterocycles. The standard InChI is InChI=1S/C10H11N7S/c1-2-18-6-3-16-17(8(6)11)10-7-9(13-4-12-7)14-5-15-10/h3-5H,2,11H2,1H3,(H,12,13,14,15). The molecule has 0 spiro atoms. The molecule has 3 heterocycles. The Kier molecular flexibility index (Phi) is 2.63. The number of nitrogens with two attached hydrogens (primary N) is 1. The summed E-state index contributed by atoms with van der Waals surface area (Å²) in [5.74, 6) is 2.13. The Bertz CT molecular complexity index is 686. The topological polar surface area (TPSA) is 98.3 Å². The molecule has 0 saturated heterocycles. The van der Waals surface area contributed by atoms with E-state index in [9.17, 15) is 0 Å². The first kappa shape index (κ1) is 11.0. The fourth-order valence-electron chi connectivity index (χ4n) is 1.69. The van der Waals surface area contributed by atoms with Gasteiger partial charge in [0.25, 0.3) is 0 Å². The van der Waals surface area contributed by atoms with E-state index in [0.717, 1.165) is 16.2 Å². The van der Waals surface area contributed by atoms with Gasteiger partial charge < -0.3 is 10.7 Å². The molecule has 92 valence electrons. The van der Waals surface area contributed by atoms with E-state index in [-0.39, 0.29) is 0 Å². The normalized spacial score (nSPS) is 11.2. The second-order valence-corrected chi connectivity index (χ2v) is 4.84. The Morgan fingerprint density at radius 2 is 2.28 bits per heavy atom. The number of aromatic nitrogens is 6. The van der Waals surface area contributed by atoms with Crippen molar-refractivity contribution in [3.8, 4) is 5.82 Å². The second-order valence-electron chi connectivity index (χ2n) is 3.54. The number of nitrogen functional groups attached to an aromatic ring is 1. The molecule has 3 aromatic heterocycles. The fourth-order valence-corrected chi connectivity index (χ4v) is 2.36. The number of hydrogen-bond donors (Lipinski definition) is 2. The molecule has 7 nitrogen and oxygen atoms in total. The van der Waals surface area contributed by atoms with Crippen LogP contribution in [0.5, 0.6) is 0 Å². The van der Waals surface area contributed by atoms with E-state index in [4.69, 9.17) is 5.73 Å². The number of nitrogens with zero attached hydrogens (tertiary/aromatic N) is 5. The molecule has 0 saturated carbocycles. The van der Waals surface area contributed by atoms with Crippen molar-refractivity contribution in [3.63, 3.8) is 0 Å². The number of nitrogens with one attached hydrogen (secondary N) is 1. The number of hydrogen-bond acceptors (Lipinski definition) is 6. The molecule has 8 heteroatoms. The van der Waals surface area contributed by atoms with Crippen LogP contribution in [-0.4, -0.2) is 35.5 Å². The minimum absolute atomic E-state index is 0.580. The number of H-pyrrole nitrogens is 1. The quantitative estimate of drug-likeness (QED) is 0.688. The summed E-state index contributed by atoms with van der Waals surface area (Å²) in [6, 6.07) is 0. The van der Waals surface area contributed by atoms with Crippen molar-refractivity contribution < 1.29 is 0 Å². The van der Waals surface area contributed by atoms with Crippen LogP contribution in [-0.2, 0) is 0 Å². The van der Waals surface area contributed by atoms with E-state index in [0.29, 0.717) is 17.3 Å². The van der Waals surface area contributed by atoms with Gasteiger partial charge in [-0.15, -0.1) is 11.8 Å². The summed E-state index contributed by atoms with van der Waals surface area (Å²) in [7, 11) is 0. The Balaban J connectivity index is 2.17. The maximum atomic E-state index is 6.07. The number of aromatic amines is 1. The van der Waals surface area contributed by atoms with Crippen LogP contribution in [0.3, 0.4) is 0 Å². The minimum atomic E-state index is 0.580. The maximum absolute atomic E-state index is 6.07. The number of thioether (sulfide) groups is 1. The van der Waals surface area contributed by atoms with E-state index in [1.807, 2.05) is 0 Å². The monoisotopic (exact) mass is 261 g/mol. The highest BCUT2D eigenvalue weighted by Crippen LogP contribution is 2.27. The molecule has 0 atom stereocenters. The average molecular weight is 261 g/mol. The number of fused-ring (bicyclic) bond motifs is 1. The van der Waals surface area contributed by atoms with E-state index in [1.165, 1.54) is 6.33 Å². The molecule has 0 radical (unpaired) electrons. The summed E-state index contributed by atoms with van der Waals surface area (Å²) in [5, 5.41) is 4.27. The van der Waals surface area contributed by atoms with Gasteiger partial charge in [0.15, 0.2) is 11.5 Å². The van der Waals surface area contributed by atoms with Gasteiger partial charge in [0.2, 0.25) is 0 Å². The third-order valence-corrected chi connectivity index (χ3v) is 3.39. The second kappa shape index (κ2) is 4.30. The van der Waals surface area contributed by atoms with Gasteiger partial charge in [0.1, 0.15) is 17.7 Å². The number of rotatable bonds is 3. The summed E-state index contributed by atoms with van der Waals surface area (Å²) in [6.07, 6.45) is 4.77. The van der Waals surface area contributed by atoms with Crippen molar-refractivity contribution in [3.05, 3.63) is 18.9 Å². The molecule has 0 fully saturated rings. The van der Waals surface area contributed by atoms with Gasteiger partial charge in [-0.05, 0) is 5.75 Å². The van der Waals surface area contributed by atoms with Gasteiger partial charge in [0, 0.05) is 0 Å². The third-order valence-electron chi connectivity index (χ3n) is 2.47. The summed E-state index contributed by atoms with van der Waals surface area (Å²) in [6.45, 7) is 2.07. The van der Waals surface area contributed by atoms with Gasteiger partial charge >= 0.3 is 0 Å². The summed E-state index contributed by atoms with van der Waals surface area (Å²) in [5.41, 5.74) is 7.39. The first-order chi connectivity index (χ1) is 8.81. The van der Waals surface area contributed by atoms with Crippen molar-refractivity contribution in [1.29, 1.82) is 0 Å². The lowest BCUT2D eigenvalue weighted by Crippen LogP contribution is -2.05. The first-order valence-electron chi connectivity index (χ1n) is 5.42. The van der Waals surface area contributed by atoms with Crippen molar-refractivity contribution in [2.45, 2.75) is 11.8 Å². The smallest absolute Gasteiger partial charge is 0.184 e. The molecule has 0 aliphatic rings. The highest BCUT2D eigenvalue weighted by atomic mass is 32.2. The lowest BCUT2D eigenvalue weighted by molar-refractivity contribution is 0.858. The molecule has 3 N–H and O–H groups in total. The lowest BCUT2D eigenvalue weighted by atomic mass is 10.5. The van der Waals surface area contributed by atoms with Crippen LogP contribution in [0.25, 0.3) is 17.0 Å². The molecular formula is C10H11N7S.